The van der Waals surface area contributed by atoms with Crippen molar-refractivity contribution in [1.29, 1.82) is 0 Å². The molecule has 6 heteroatoms. The summed E-state index contributed by atoms with van der Waals surface area (Å²) in [5.41, 5.74) is 3.27. The van der Waals surface area contributed by atoms with E-state index in [0.29, 0.717) is 11.4 Å². The average molecular weight is 427 g/mol. The summed E-state index contributed by atoms with van der Waals surface area (Å²) in [5.74, 6) is -1.43. The van der Waals surface area contributed by atoms with Crippen molar-refractivity contribution in [1.82, 2.24) is 0 Å². The topological polar surface area (TPSA) is 64.7 Å². The van der Waals surface area contributed by atoms with Crippen LogP contribution in [0.4, 0.5) is 22.7 Å². The molecule has 0 radical (unpaired) electrons. The maximum atomic E-state index is 12.7. The molecule has 32 heavy (non-hydrogen) atoms. The van der Waals surface area contributed by atoms with Crippen LogP contribution in [0.25, 0.3) is 21.5 Å². The average Bonchev–Trinajstić information content (AvgIpc) is 2.79. The number of anilines is 4. The Labute approximate surface area is 187 Å². The molecule has 0 aliphatic heterocycles. The minimum Gasteiger partial charge on any atom is -0.377 e. The quantitative estimate of drug-likeness (QED) is 0.464. The van der Waals surface area contributed by atoms with Gasteiger partial charge in [-0.05, 0) is 24.3 Å². The van der Waals surface area contributed by atoms with E-state index in [1.54, 1.807) is 0 Å². The lowest BCUT2D eigenvalue weighted by Crippen LogP contribution is -2.29. The Morgan fingerprint density at radius 3 is 1.22 bits per heavy atom. The molecule has 4 rings (SSSR count). The maximum absolute atomic E-state index is 12.7. The standard InChI is InChI=1S/C26H26N4O2/c1-29(2)23-15-13-21(17-9-5-7-11-19(17)23)27-25(31)26(32)28-22-14-16-24(30(3)4)20-12-8-6-10-18(20)22/h5-16H,1-4H3,(H,27,31)(H,28,32). The highest BCUT2D eigenvalue weighted by molar-refractivity contribution is 6.44. The number of fused-ring (bicyclic) bond motifs is 2. The van der Waals surface area contributed by atoms with Crippen LogP contribution in [-0.2, 0) is 9.59 Å². The van der Waals surface area contributed by atoms with Gasteiger partial charge in [0.05, 0.1) is 0 Å². The first-order valence-corrected chi connectivity index (χ1v) is 10.4. The van der Waals surface area contributed by atoms with Gasteiger partial charge in [0.15, 0.2) is 0 Å². The van der Waals surface area contributed by atoms with Crippen LogP contribution in [0.15, 0.2) is 72.8 Å². The number of hydrogen-bond acceptors (Lipinski definition) is 4. The van der Waals surface area contributed by atoms with Gasteiger partial charge in [-0.1, -0.05) is 48.5 Å². The van der Waals surface area contributed by atoms with Crippen molar-refractivity contribution in [3.05, 3.63) is 72.8 Å². The number of nitrogens with zero attached hydrogens (tertiary/aromatic N) is 2. The number of rotatable bonds is 4. The van der Waals surface area contributed by atoms with Gasteiger partial charge in [-0.2, -0.15) is 0 Å². The van der Waals surface area contributed by atoms with Gasteiger partial charge in [0, 0.05) is 72.5 Å². The van der Waals surface area contributed by atoms with Crippen molar-refractivity contribution in [2.45, 2.75) is 0 Å². The summed E-state index contributed by atoms with van der Waals surface area (Å²) in [4.78, 5) is 29.5. The van der Waals surface area contributed by atoms with E-state index < -0.39 is 11.8 Å². The Morgan fingerprint density at radius 1 is 0.531 bits per heavy atom. The van der Waals surface area contributed by atoms with Crippen LogP contribution >= 0.6 is 0 Å². The van der Waals surface area contributed by atoms with E-state index in [9.17, 15) is 9.59 Å². The molecule has 0 bridgehead atoms. The minimum atomic E-state index is -0.714. The second kappa shape index (κ2) is 8.59. The first-order chi connectivity index (χ1) is 15.4. The fourth-order valence-corrected chi connectivity index (χ4v) is 3.92. The largest absolute Gasteiger partial charge is 0.377 e. The van der Waals surface area contributed by atoms with Crippen LogP contribution in [0, 0.1) is 0 Å². The number of nitrogens with one attached hydrogen (secondary N) is 2. The molecule has 4 aromatic rings. The van der Waals surface area contributed by atoms with E-state index >= 15 is 0 Å². The van der Waals surface area contributed by atoms with Crippen molar-refractivity contribution >= 4 is 56.1 Å². The van der Waals surface area contributed by atoms with Gasteiger partial charge in [0.2, 0.25) is 0 Å². The van der Waals surface area contributed by atoms with Crippen LogP contribution in [0.5, 0.6) is 0 Å². The number of benzene rings is 4. The maximum Gasteiger partial charge on any atom is 0.314 e. The van der Waals surface area contributed by atoms with Crippen LogP contribution in [0.3, 0.4) is 0 Å². The molecule has 0 heterocycles. The SMILES string of the molecule is CN(C)c1ccc(NC(=O)C(=O)Nc2ccc(N(C)C)c3ccccc23)c2ccccc12. The number of amides is 2. The molecule has 2 amide bonds. The number of carbonyl (C=O) groups is 2. The zero-order chi connectivity index (χ0) is 22.8. The number of carbonyl (C=O) groups excluding carboxylic acids is 2. The van der Waals surface area contributed by atoms with Gasteiger partial charge < -0.3 is 20.4 Å². The molecule has 0 aliphatic carbocycles. The van der Waals surface area contributed by atoms with Gasteiger partial charge in [-0.15, -0.1) is 0 Å². The Balaban J connectivity index is 1.61. The molecule has 0 aromatic heterocycles. The summed E-state index contributed by atoms with van der Waals surface area (Å²) in [6, 6.07) is 23.1. The van der Waals surface area contributed by atoms with Crippen molar-refractivity contribution in [3.63, 3.8) is 0 Å². The summed E-state index contributed by atoms with van der Waals surface area (Å²) >= 11 is 0. The van der Waals surface area contributed by atoms with Gasteiger partial charge in [-0.25, -0.2) is 0 Å². The summed E-state index contributed by atoms with van der Waals surface area (Å²) in [5, 5.41) is 9.30. The third-order valence-electron chi connectivity index (χ3n) is 5.47. The fraction of sp³-hybridized carbons (Fsp3) is 0.154. The predicted molar refractivity (Wildman–Crippen MR) is 134 cm³/mol. The van der Waals surface area contributed by atoms with Crippen molar-refractivity contribution in [2.75, 3.05) is 48.6 Å². The Kier molecular flexibility index (Phi) is 5.69. The number of hydrogen-bond donors (Lipinski definition) is 2. The molecule has 0 aliphatic rings. The van der Waals surface area contributed by atoms with E-state index in [-0.39, 0.29) is 0 Å². The molecular formula is C26H26N4O2. The lowest BCUT2D eigenvalue weighted by molar-refractivity contribution is -0.132. The van der Waals surface area contributed by atoms with Crippen molar-refractivity contribution < 1.29 is 9.59 Å². The summed E-state index contributed by atoms with van der Waals surface area (Å²) < 4.78 is 0. The predicted octanol–water partition coefficient (Wildman–Crippen LogP) is 4.70. The summed E-state index contributed by atoms with van der Waals surface area (Å²) in [7, 11) is 7.89. The van der Waals surface area contributed by atoms with E-state index in [4.69, 9.17) is 0 Å². The van der Waals surface area contributed by atoms with Crippen LogP contribution in [0.1, 0.15) is 0 Å². The molecule has 2 N–H and O–H groups in total. The minimum absolute atomic E-state index is 0.596. The molecule has 0 saturated heterocycles. The van der Waals surface area contributed by atoms with Gasteiger partial charge >= 0.3 is 11.8 Å². The van der Waals surface area contributed by atoms with Crippen LogP contribution in [-0.4, -0.2) is 40.0 Å². The normalized spacial score (nSPS) is 10.8. The Hall–Kier alpha value is -4.06. The molecule has 0 saturated carbocycles. The molecule has 0 spiro atoms. The molecule has 162 valence electrons. The highest BCUT2D eigenvalue weighted by atomic mass is 16.2. The lowest BCUT2D eigenvalue weighted by atomic mass is 10.1. The van der Waals surface area contributed by atoms with Gasteiger partial charge in [-0.3, -0.25) is 9.59 Å². The van der Waals surface area contributed by atoms with Gasteiger partial charge in [0.1, 0.15) is 0 Å². The first kappa shape index (κ1) is 21.2. The smallest absolute Gasteiger partial charge is 0.314 e. The van der Waals surface area contributed by atoms with E-state index in [2.05, 4.69) is 10.6 Å². The fourth-order valence-electron chi connectivity index (χ4n) is 3.92. The zero-order valence-electron chi connectivity index (χ0n) is 18.6. The summed E-state index contributed by atoms with van der Waals surface area (Å²) in [6.45, 7) is 0. The highest BCUT2D eigenvalue weighted by Crippen LogP contribution is 2.33. The zero-order valence-corrected chi connectivity index (χ0v) is 18.6. The third kappa shape index (κ3) is 3.95. The Bertz CT molecular complexity index is 1220. The second-order valence-electron chi connectivity index (χ2n) is 8.05. The molecule has 6 nitrogen and oxygen atoms in total. The molecular weight excluding hydrogens is 400 g/mol. The second-order valence-corrected chi connectivity index (χ2v) is 8.05. The van der Waals surface area contributed by atoms with Crippen molar-refractivity contribution in [2.24, 2.45) is 0 Å². The Morgan fingerprint density at radius 2 is 0.875 bits per heavy atom. The first-order valence-electron chi connectivity index (χ1n) is 10.4. The van der Waals surface area contributed by atoms with E-state index in [1.165, 1.54) is 0 Å². The van der Waals surface area contributed by atoms with E-state index in [0.717, 1.165) is 32.9 Å². The molecule has 0 fully saturated rings. The van der Waals surface area contributed by atoms with Gasteiger partial charge in [0.25, 0.3) is 0 Å². The summed E-state index contributed by atoms with van der Waals surface area (Å²) in [6.07, 6.45) is 0. The highest BCUT2D eigenvalue weighted by Gasteiger charge is 2.18. The monoisotopic (exact) mass is 426 g/mol. The van der Waals surface area contributed by atoms with Crippen LogP contribution in [0.2, 0.25) is 0 Å². The lowest BCUT2D eigenvalue weighted by Gasteiger charge is -2.18. The van der Waals surface area contributed by atoms with Crippen molar-refractivity contribution in [3.8, 4) is 0 Å². The molecule has 0 unspecified atom stereocenters. The van der Waals surface area contributed by atoms with Crippen LogP contribution < -0.4 is 20.4 Å². The third-order valence-corrected chi connectivity index (χ3v) is 5.47. The molecule has 0 atom stereocenters. The van der Waals surface area contributed by atoms with E-state index in [1.807, 2.05) is 111 Å². The molecule has 4 aromatic carbocycles.